The number of aryl methyl sites for hydroxylation is 2. The Morgan fingerprint density at radius 1 is 1.53 bits per heavy atom. The van der Waals surface area contributed by atoms with Crippen molar-refractivity contribution in [1.82, 2.24) is 14.7 Å². The fourth-order valence-electron chi connectivity index (χ4n) is 2.93. The Hall–Kier alpha value is -1.07. The lowest BCUT2D eigenvalue weighted by Gasteiger charge is -2.18. The van der Waals surface area contributed by atoms with Crippen LogP contribution in [0, 0.1) is 5.92 Å². The second-order valence-electron chi connectivity index (χ2n) is 5.44. The molecule has 2 unspecified atom stereocenters. The van der Waals surface area contributed by atoms with Gasteiger partial charge in [0.15, 0.2) is 0 Å². The van der Waals surface area contributed by atoms with Crippen LogP contribution in [-0.2, 0) is 20.0 Å². The number of methoxy groups -OCH3 is 1. The van der Waals surface area contributed by atoms with E-state index in [9.17, 15) is 5.11 Å². The lowest BCUT2D eigenvalue weighted by molar-refractivity contribution is 0.127. The van der Waals surface area contributed by atoms with E-state index in [1.807, 2.05) is 18.7 Å². The Morgan fingerprint density at radius 2 is 2.26 bits per heavy atom. The number of hydrogen-bond donors (Lipinski definition) is 1. The first-order valence-corrected chi connectivity index (χ1v) is 7.06. The van der Waals surface area contributed by atoms with Crippen LogP contribution in [0.5, 0.6) is 5.88 Å². The minimum absolute atomic E-state index is 0.216. The monoisotopic (exact) mass is 267 g/mol. The maximum Gasteiger partial charge on any atom is 0.216 e. The topological polar surface area (TPSA) is 50.5 Å². The van der Waals surface area contributed by atoms with Gasteiger partial charge in [0.1, 0.15) is 0 Å². The number of ether oxygens (including phenoxy) is 1. The summed E-state index contributed by atoms with van der Waals surface area (Å²) in [5.41, 5.74) is 2.30. The van der Waals surface area contributed by atoms with Crippen LogP contribution in [0.3, 0.4) is 0 Å². The fraction of sp³-hybridized carbons (Fsp3) is 0.786. The van der Waals surface area contributed by atoms with E-state index in [4.69, 9.17) is 4.74 Å². The highest BCUT2D eigenvalue weighted by molar-refractivity contribution is 5.31. The van der Waals surface area contributed by atoms with E-state index in [0.29, 0.717) is 5.92 Å². The summed E-state index contributed by atoms with van der Waals surface area (Å²) < 4.78 is 7.28. The molecular weight excluding hydrogens is 242 g/mol. The molecule has 1 aromatic rings. The van der Waals surface area contributed by atoms with Crippen LogP contribution < -0.4 is 4.74 Å². The average Bonchev–Trinajstić information content (AvgIpc) is 2.95. The van der Waals surface area contributed by atoms with Gasteiger partial charge in [-0.1, -0.05) is 6.92 Å². The zero-order valence-corrected chi connectivity index (χ0v) is 12.4. The molecule has 0 bridgehead atoms. The van der Waals surface area contributed by atoms with E-state index in [-0.39, 0.29) is 6.10 Å². The van der Waals surface area contributed by atoms with Crippen molar-refractivity contribution in [1.29, 1.82) is 0 Å². The molecule has 0 spiro atoms. The van der Waals surface area contributed by atoms with Crippen LogP contribution in [0.25, 0.3) is 0 Å². The predicted molar refractivity (Wildman–Crippen MR) is 74.2 cm³/mol. The van der Waals surface area contributed by atoms with Gasteiger partial charge in [0.05, 0.1) is 24.5 Å². The molecule has 1 aliphatic heterocycles. The first-order valence-electron chi connectivity index (χ1n) is 7.06. The minimum Gasteiger partial charge on any atom is -0.481 e. The third kappa shape index (κ3) is 2.92. The quantitative estimate of drug-likeness (QED) is 0.871. The van der Waals surface area contributed by atoms with Crippen LogP contribution in [0.15, 0.2) is 0 Å². The summed E-state index contributed by atoms with van der Waals surface area (Å²) in [5.74, 6) is 1.25. The molecule has 108 valence electrons. The number of aromatic nitrogens is 2. The fourth-order valence-corrected chi connectivity index (χ4v) is 2.93. The molecule has 2 heterocycles. The molecule has 5 heteroatoms. The molecule has 0 radical (unpaired) electrons. The van der Waals surface area contributed by atoms with Gasteiger partial charge in [-0.05, 0) is 32.2 Å². The van der Waals surface area contributed by atoms with Crippen LogP contribution in [-0.4, -0.2) is 46.1 Å². The molecule has 19 heavy (non-hydrogen) atoms. The molecule has 1 N–H and O–H groups in total. The van der Waals surface area contributed by atoms with E-state index in [2.05, 4.69) is 16.9 Å². The van der Waals surface area contributed by atoms with Gasteiger partial charge in [-0.15, -0.1) is 0 Å². The second kappa shape index (κ2) is 5.92. The predicted octanol–water partition coefficient (Wildman–Crippen LogP) is 1.19. The van der Waals surface area contributed by atoms with Gasteiger partial charge < -0.3 is 9.84 Å². The maximum atomic E-state index is 9.67. The van der Waals surface area contributed by atoms with Gasteiger partial charge in [0, 0.05) is 20.1 Å². The number of aliphatic hydroxyl groups excluding tert-OH is 1. The van der Waals surface area contributed by atoms with Crippen LogP contribution in [0.4, 0.5) is 0 Å². The zero-order chi connectivity index (χ0) is 14.0. The van der Waals surface area contributed by atoms with Crippen molar-refractivity contribution >= 4 is 0 Å². The van der Waals surface area contributed by atoms with Crippen molar-refractivity contribution in [3.63, 3.8) is 0 Å². The molecule has 1 fully saturated rings. The average molecular weight is 267 g/mol. The molecule has 0 aromatic carbocycles. The summed E-state index contributed by atoms with van der Waals surface area (Å²) in [6.07, 6.45) is 1.77. The van der Waals surface area contributed by atoms with Gasteiger partial charge in [-0.25, -0.2) is 4.68 Å². The van der Waals surface area contributed by atoms with Crippen molar-refractivity contribution in [3.05, 3.63) is 11.3 Å². The Labute approximate surface area is 115 Å². The molecule has 0 aliphatic carbocycles. The third-order valence-corrected chi connectivity index (χ3v) is 4.07. The van der Waals surface area contributed by atoms with Gasteiger partial charge in [-0.2, -0.15) is 5.10 Å². The van der Waals surface area contributed by atoms with E-state index >= 15 is 0 Å². The summed E-state index contributed by atoms with van der Waals surface area (Å²) in [6.45, 7) is 6.86. The SMILES string of the molecule is CCc1nn(C)c(OC)c1CN1CCC(C(C)O)C1. The van der Waals surface area contributed by atoms with Gasteiger partial charge in [0.25, 0.3) is 0 Å². The van der Waals surface area contributed by atoms with Crippen LogP contribution in [0.1, 0.15) is 31.5 Å². The number of likely N-dealkylation sites (tertiary alicyclic amines) is 1. The molecular formula is C14H25N3O2. The summed E-state index contributed by atoms with van der Waals surface area (Å²) in [7, 11) is 3.62. The van der Waals surface area contributed by atoms with E-state index in [0.717, 1.165) is 44.0 Å². The molecule has 1 saturated heterocycles. The summed E-state index contributed by atoms with van der Waals surface area (Å²) in [6, 6.07) is 0. The van der Waals surface area contributed by atoms with Crippen LogP contribution >= 0.6 is 0 Å². The molecule has 1 aliphatic rings. The lowest BCUT2D eigenvalue weighted by Crippen LogP contribution is -2.24. The Balaban J connectivity index is 2.11. The lowest BCUT2D eigenvalue weighted by atomic mass is 10.0. The zero-order valence-electron chi connectivity index (χ0n) is 12.4. The van der Waals surface area contributed by atoms with E-state index in [1.165, 1.54) is 5.56 Å². The first-order chi connectivity index (χ1) is 9.06. The molecule has 2 rings (SSSR count). The van der Waals surface area contributed by atoms with Gasteiger partial charge in [0.2, 0.25) is 5.88 Å². The van der Waals surface area contributed by atoms with E-state index < -0.39 is 0 Å². The summed E-state index contributed by atoms with van der Waals surface area (Å²) in [4.78, 5) is 2.38. The van der Waals surface area contributed by atoms with Gasteiger partial charge in [-0.3, -0.25) is 4.90 Å². The normalized spacial score (nSPS) is 21.8. The van der Waals surface area contributed by atoms with Crippen LogP contribution in [0.2, 0.25) is 0 Å². The Kier molecular flexibility index (Phi) is 4.47. The van der Waals surface area contributed by atoms with Crippen molar-refractivity contribution in [2.24, 2.45) is 13.0 Å². The summed E-state index contributed by atoms with van der Waals surface area (Å²) >= 11 is 0. The molecule has 2 atom stereocenters. The van der Waals surface area contributed by atoms with Gasteiger partial charge >= 0.3 is 0 Å². The first kappa shape index (κ1) is 14.3. The van der Waals surface area contributed by atoms with Crippen molar-refractivity contribution in [2.75, 3.05) is 20.2 Å². The Bertz CT molecular complexity index is 429. The Morgan fingerprint density at radius 3 is 2.79 bits per heavy atom. The largest absolute Gasteiger partial charge is 0.481 e. The smallest absolute Gasteiger partial charge is 0.216 e. The molecule has 1 aromatic heterocycles. The van der Waals surface area contributed by atoms with Crippen molar-refractivity contribution in [3.8, 4) is 5.88 Å². The molecule has 0 amide bonds. The highest BCUT2D eigenvalue weighted by Gasteiger charge is 2.28. The summed E-state index contributed by atoms with van der Waals surface area (Å²) in [5, 5.41) is 14.2. The van der Waals surface area contributed by atoms with E-state index in [1.54, 1.807) is 7.11 Å². The number of rotatable bonds is 5. The highest BCUT2D eigenvalue weighted by atomic mass is 16.5. The standard InChI is InChI=1S/C14H25N3O2/c1-5-13-12(14(19-4)16(3)15-13)9-17-7-6-11(8-17)10(2)18/h10-11,18H,5-9H2,1-4H3. The molecule has 0 saturated carbocycles. The molecule has 5 nitrogen and oxygen atoms in total. The number of nitrogens with zero attached hydrogens (tertiary/aromatic N) is 3. The number of aliphatic hydroxyl groups is 1. The maximum absolute atomic E-state index is 9.67. The third-order valence-electron chi connectivity index (χ3n) is 4.07. The number of hydrogen-bond acceptors (Lipinski definition) is 4. The van der Waals surface area contributed by atoms with Crippen molar-refractivity contribution in [2.45, 2.75) is 39.3 Å². The minimum atomic E-state index is -0.216. The second-order valence-corrected chi connectivity index (χ2v) is 5.44. The highest BCUT2D eigenvalue weighted by Crippen LogP contribution is 2.27. The van der Waals surface area contributed by atoms with Crippen molar-refractivity contribution < 1.29 is 9.84 Å².